The first-order valence-electron chi connectivity index (χ1n) is 7.46. The summed E-state index contributed by atoms with van der Waals surface area (Å²) in [5, 5.41) is 1.26. The summed E-state index contributed by atoms with van der Waals surface area (Å²) in [5.74, 6) is 0.871. The topological polar surface area (TPSA) is 22.0 Å². The molecule has 0 amide bonds. The highest BCUT2D eigenvalue weighted by Crippen LogP contribution is 2.50. The van der Waals surface area contributed by atoms with E-state index in [1.165, 1.54) is 16.6 Å². The number of thioether (sulfide) groups is 2. The van der Waals surface area contributed by atoms with Gasteiger partial charge in [0.15, 0.2) is 5.78 Å². The van der Waals surface area contributed by atoms with Crippen molar-refractivity contribution >= 4 is 40.2 Å². The summed E-state index contributed by atoms with van der Waals surface area (Å²) >= 11 is 3.34. The molecule has 0 unspecified atom stereocenters. The van der Waals surface area contributed by atoms with E-state index in [4.69, 9.17) is 0 Å². The van der Waals surface area contributed by atoms with E-state index in [-0.39, 0.29) is 5.92 Å². The molecular formula is C18H21NOS2. The van der Waals surface area contributed by atoms with Crippen LogP contribution in [0.1, 0.15) is 25.0 Å². The van der Waals surface area contributed by atoms with Gasteiger partial charge in [0.2, 0.25) is 0 Å². The van der Waals surface area contributed by atoms with Crippen LogP contribution in [0.5, 0.6) is 0 Å². The lowest BCUT2D eigenvalue weighted by atomic mass is 10.1. The van der Waals surface area contributed by atoms with Crippen LogP contribution >= 0.6 is 23.5 Å². The molecule has 2 aromatic rings. The fourth-order valence-electron chi connectivity index (χ4n) is 3.25. The minimum Gasteiger partial charge on any atom is -0.347 e. The van der Waals surface area contributed by atoms with Crippen molar-refractivity contribution in [2.45, 2.75) is 19.3 Å². The smallest absolute Gasteiger partial charge is 0.163 e. The Bertz CT molecular complexity index is 754. The van der Waals surface area contributed by atoms with Crippen molar-refractivity contribution in [2.24, 2.45) is 13.0 Å². The van der Waals surface area contributed by atoms with Gasteiger partial charge >= 0.3 is 0 Å². The number of para-hydroxylation sites is 1. The third kappa shape index (κ3) is 2.63. The predicted octanol–water partition coefficient (Wildman–Crippen LogP) is 4.81. The molecule has 4 heteroatoms. The number of allylic oxidation sites excluding steroid dienone is 1. The van der Waals surface area contributed by atoms with E-state index in [2.05, 4.69) is 41.9 Å². The van der Waals surface area contributed by atoms with Gasteiger partial charge in [-0.3, -0.25) is 4.79 Å². The maximum absolute atomic E-state index is 12.7. The molecule has 1 saturated carbocycles. The van der Waals surface area contributed by atoms with Gasteiger partial charge in [-0.2, -0.15) is 0 Å². The van der Waals surface area contributed by atoms with E-state index in [0.29, 0.717) is 11.7 Å². The summed E-state index contributed by atoms with van der Waals surface area (Å²) in [7, 11) is 2.11. The number of hydrogen-bond acceptors (Lipinski definition) is 3. The van der Waals surface area contributed by atoms with Crippen LogP contribution in [0, 0.1) is 5.92 Å². The molecule has 0 aliphatic heterocycles. The number of ketones is 1. The zero-order valence-electron chi connectivity index (χ0n) is 13.4. The summed E-state index contributed by atoms with van der Waals surface area (Å²) in [5.41, 5.74) is 3.48. The quantitative estimate of drug-likeness (QED) is 0.734. The number of aromatic nitrogens is 1. The Balaban J connectivity index is 1.86. The lowest BCUT2D eigenvalue weighted by Gasteiger charge is -2.07. The monoisotopic (exact) mass is 331 g/mol. The van der Waals surface area contributed by atoms with Crippen LogP contribution < -0.4 is 0 Å². The summed E-state index contributed by atoms with van der Waals surface area (Å²) in [6, 6.07) is 10.7. The van der Waals surface area contributed by atoms with Gasteiger partial charge in [-0.25, -0.2) is 0 Å². The van der Waals surface area contributed by atoms with Crippen LogP contribution in [0.15, 0.2) is 40.1 Å². The third-order valence-corrected chi connectivity index (χ3v) is 6.90. The van der Waals surface area contributed by atoms with Crippen molar-refractivity contribution in [3.63, 3.8) is 0 Å². The average Bonchev–Trinajstić information content (AvgIpc) is 3.26. The molecular weight excluding hydrogens is 310 g/mol. The SMILES string of the molecule is CSC(SC)=C(C)C(=O)[C@H]1C[C@@H]1c1cc2ccccc2n1C. The molecule has 116 valence electrons. The minimum atomic E-state index is 0.164. The van der Waals surface area contributed by atoms with Crippen molar-refractivity contribution in [3.8, 4) is 0 Å². The lowest BCUT2D eigenvalue weighted by molar-refractivity contribution is -0.116. The van der Waals surface area contributed by atoms with Gasteiger partial charge in [0.25, 0.3) is 0 Å². The molecule has 0 bridgehead atoms. The summed E-state index contributed by atoms with van der Waals surface area (Å²) < 4.78 is 3.39. The van der Waals surface area contributed by atoms with Crippen molar-refractivity contribution in [2.75, 3.05) is 12.5 Å². The molecule has 22 heavy (non-hydrogen) atoms. The Morgan fingerprint density at radius 2 is 1.91 bits per heavy atom. The van der Waals surface area contributed by atoms with Gasteiger partial charge in [0.1, 0.15) is 0 Å². The van der Waals surface area contributed by atoms with Crippen LogP contribution in [0.25, 0.3) is 10.9 Å². The number of aryl methyl sites for hydroxylation is 1. The molecule has 0 saturated heterocycles. The minimum absolute atomic E-state index is 0.164. The molecule has 0 radical (unpaired) electrons. The number of fused-ring (bicyclic) bond motifs is 1. The zero-order chi connectivity index (χ0) is 15.9. The fraction of sp³-hybridized carbons (Fsp3) is 0.389. The van der Waals surface area contributed by atoms with Crippen LogP contribution in [0.4, 0.5) is 0 Å². The Labute approximate surface area is 140 Å². The number of rotatable bonds is 5. The number of Topliss-reactive ketones (excluding diaryl/α,β-unsaturated/α-hetero) is 1. The van der Waals surface area contributed by atoms with Gasteiger partial charge in [0.05, 0.1) is 0 Å². The van der Waals surface area contributed by atoms with Gasteiger partial charge in [-0.05, 0) is 43.4 Å². The van der Waals surface area contributed by atoms with E-state index < -0.39 is 0 Å². The average molecular weight is 332 g/mol. The maximum Gasteiger partial charge on any atom is 0.163 e. The highest BCUT2D eigenvalue weighted by atomic mass is 32.2. The molecule has 1 fully saturated rings. The second-order valence-corrected chi connectivity index (χ2v) is 7.71. The summed E-state index contributed by atoms with van der Waals surface area (Å²) in [6.07, 6.45) is 5.06. The number of benzene rings is 1. The van der Waals surface area contributed by atoms with Crippen molar-refractivity contribution in [1.29, 1.82) is 0 Å². The van der Waals surface area contributed by atoms with E-state index in [1.54, 1.807) is 23.5 Å². The Hall–Kier alpha value is -1.13. The molecule has 0 N–H and O–H groups in total. The van der Waals surface area contributed by atoms with Crippen molar-refractivity contribution < 1.29 is 4.79 Å². The second kappa shape index (κ2) is 6.17. The molecule has 2 atom stereocenters. The van der Waals surface area contributed by atoms with Gasteiger partial charge < -0.3 is 4.57 Å². The molecule has 1 aliphatic carbocycles. The zero-order valence-corrected chi connectivity index (χ0v) is 15.1. The van der Waals surface area contributed by atoms with Crippen LogP contribution in [-0.4, -0.2) is 22.9 Å². The molecule has 1 aromatic heterocycles. The first kappa shape index (κ1) is 15.8. The Morgan fingerprint density at radius 3 is 2.55 bits per heavy atom. The van der Waals surface area contributed by atoms with Crippen molar-refractivity contribution in [1.82, 2.24) is 4.57 Å². The molecule has 0 spiro atoms. The lowest BCUT2D eigenvalue weighted by Crippen LogP contribution is -2.06. The molecule has 3 rings (SSSR count). The highest BCUT2D eigenvalue weighted by molar-refractivity contribution is 8.21. The molecule has 1 aromatic carbocycles. The van der Waals surface area contributed by atoms with Crippen LogP contribution in [0.2, 0.25) is 0 Å². The number of carbonyl (C=O) groups is 1. The maximum atomic E-state index is 12.7. The molecule has 2 nitrogen and oxygen atoms in total. The van der Waals surface area contributed by atoms with Crippen LogP contribution in [0.3, 0.4) is 0 Å². The number of nitrogens with zero attached hydrogens (tertiary/aromatic N) is 1. The molecule has 1 heterocycles. The van der Waals surface area contributed by atoms with E-state index >= 15 is 0 Å². The van der Waals surface area contributed by atoms with Gasteiger partial charge in [-0.15, -0.1) is 23.5 Å². The van der Waals surface area contributed by atoms with E-state index in [1.807, 2.05) is 19.4 Å². The van der Waals surface area contributed by atoms with E-state index in [0.717, 1.165) is 16.2 Å². The first-order valence-corrected chi connectivity index (χ1v) is 9.90. The Morgan fingerprint density at radius 1 is 1.23 bits per heavy atom. The number of hydrogen-bond donors (Lipinski definition) is 0. The fourth-order valence-corrected chi connectivity index (χ4v) is 4.73. The molecule has 1 aliphatic rings. The largest absolute Gasteiger partial charge is 0.347 e. The first-order chi connectivity index (χ1) is 10.6. The second-order valence-electron chi connectivity index (χ2n) is 5.82. The van der Waals surface area contributed by atoms with Crippen LogP contribution in [-0.2, 0) is 11.8 Å². The summed E-state index contributed by atoms with van der Waals surface area (Å²) in [6.45, 7) is 1.97. The summed E-state index contributed by atoms with van der Waals surface area (Å²) in [4.78, 5) is 12.7. The van der Waals surface area contributed by atoms with Gasteiger partial charge in [-0.1, -0.05) is 18.2 Å². The van der Waals surface area contributed by atoms with Gasteiger partial charge in [0, 0.05) is 39.9 Å². The van der Waals surface area contributed by atoms with Crippen molar-refractivity contribution in [3.05, 3.63) is 45.8 Å². The third-order valence-electron chi connectivity index (χ3n) is 4.54. The number of carbonyl (C=O) groups excluding carboxylic acids is 1. The highest BCUT2D eigenvalue weighted by Gasteiger charge is 2.45. The Kier molecular flexibility index (Phi) is 4.42. The van der Waals surface area contributed by atoms with E-state index in [9.17, 15) is 4.79 Å². The standard InChI is InChI=1S/C18H21NOS2/c1-11(18(21-3)22-4)17(20)14-10-13(14)16-9-12-7-5-6-8-15(12)19(16)2/h5-9,13-14H,10H2,1-4H3/t13-,14-/m0/s1. The predicted molar refractivity (Wildman–Crippen MR) is 98.5 cm³/mol. The normalized spacial score (nSPS) is 20.2.